The number of fused-ring (bicyclic) bond motifs is 1. The minimum absolute atomic E-state index is 0.385. The van der Waals surface area contributed by atoms with Gasteiger partial charge in [-0.15, -0.1) is 0 Å². The Morgan fingerprint density at radius 3 is 2.34 bits per heavy atom. The second-order valence-corrected chi connectivity index (χ2v) is 8.85. The van der Waals surface area contributed by atoms with E-state index in [0.29, 0.717) is 23.3 Å². The maximum atomic E-state index is 11.8. The van der Waals surface area contributed by atoms with Crippen molar-refractivity contribution >= 4 is 24.8 Å². The topological polar surface area (TPSA) is 161 Å². The van der Waals surface area contributed by atoms with Crippen LogP contribution in [0.5, 0.6) is 5.75 Å². The van der Waals surface area contributed by atoms with Gasteiger partial charge in [-0.1, -0.05) is 36.4 Å². The molecule has 11 heteroatoms. The quantitative estimate of drug-likeness (QED) is 0.283. The molecule has 0 radical (unpaired) electrons. The van der Waals surface area contributed by atoms with E-state index in [9.17, 15) is 4.79 Å². The van der Waals surface area contributed by atoms with Gasteiger partial charge in [-0.25, -0.2) is 9.55 Å². The number of primary amides is 1. The predicted molar refractivity (Wildman–Crippen MR) is 131 cm³/mol. The van der Waals surface area contributed by atoms with Gasteiger partial charge in [-0.3, -0.25) is 9.78 Å². The molecule has 2 heterocycles. The molecular weight excluding hydrogens is 471 g/mol. The van der Waals surface area contributed by atoms with Crippen LogP contribution in [0, 0.1) is 6.92 Å². The van der Waals surface area contributed by atoms with Crippen LogP contribution in [0.2, 0.25) is 0 Å². The number of phosphoric acid groups is 1. The summed E-state index contributed by atoms with van der Waals surface area (Å²) >= 11 is 0. The van der Waals surface area contributed by atoms with Gasteiger partial charge in [0.15, 0.2) is 0 Å². The van der Waals surface area contributed by atoms with Crippen molar-refractivity contribution in [2.24, 2.45) is 5.73 Å². The average molecular weight is 498 g/mol. The van der Waals surface area contributed by atoms with E-state index >= 15 is 0 Å². The Hall–Kier alpha value is -3.56. The molecule has 10 nitrogen and oxygen atoms in total. The molecule has 184 valence electrons. The van der Waals surface area contributed by atoms with Gasteiger partial charge in [0, 0.05) is 30.4 Å². The Labute approximate surface area is 202 Å². The number of aromatic nitrogens is 3. The molecule has 0 aliphatic heterocycles. The summed E-state index contributed by atoms with van der Waals surface area (Å²) in [6.45, 7) is 2.70. The number of ether oxygens (including phenoxy) is 1. The van der Waals surface area contributed by atoms with E-state index in [1.165, 1.54) is 5.56 Å². The third-order valence-corrected chi connectivity index (χ3v) is 5.19. The molecule has 0 unspecified atom stereocenters. The summed E-state index contributed by atoms with van der Waals surface area (Å²) in [5.74, 6) is 0.986. The molecule has 0 bridgehead atoms. The summed E-state index contributed by atoms with van der Waals surface area (Å²) in [5.41, 5.74) is 10.8. The van der Waals surface area contributed by atoms with Crippen LogP contribution in [0.3, 0.4) is 0 Å². The minimum atomic E-state index is -4.64. The summed E-state index contributed by atoms with van der Waals surface area (Å²) in [7, 11) is -3.04. The molecule has 35 heavy (non-hydrogen) atoms. The number of aryl methyl sites for hydroxylation is 3. The highest BCUT2D eigenvalue weighted by Crippen LogP contribution is 2.30. The van der Waals surface area contributed by atoms with Crippen molar-refractivity contribution < 1.29 is 28.8 Å². The fourth-order valence-corrected chi connectivity index (χ4v) is 3.62. The SMILES string of the molecule is COc1cc(C(N)=O)cc2nc(Cc3ccc(C)nc3)n(CCc3ccccc3)c12.O=P(O)(O)O. The van der Waals surface area contributed by atoms with Gasteiger partial charge in [-0.2, -0.15) is 0 Å². The maximum Gasteiger partial charge on any atom is 0.466 e. The van der Waals surface area contributed by atoms with Crippen molar-refractivity contribution in [3.8, 4) is 5.75 Å². The first kappa shape index (κ1) is 26.1. The zero-order valence-electron chi connectivity index (χ0n) is 19.3. The highest BCUT2D eigenvalue weighted by Gasteiger charge is 2.18. The minimum Gasteiger partial charge on any atom is -0.494 e. The van der Waals surface area contributed by atoms with Gasteiger partial charge >= 0.3 is 7.82 Å². The highest BCUT2D eigenvalue weighted by molar-refractivity contribution is 7.45. The number of carbonyl (C=O) groups excluding carboxylic acids is 1. The Balaban J connectivity index is 0.000000623. The van der Waals surface area contributed by atoms with Crippen LogP contribution in [0.1, 0.15) is 33.0 Å². The van der Waals surface area contributed by atoms with Crippen LogP contribution in [0.4, 0.5) is 0 Å². The lowest BCUT2D eigenvalue weighted by atomic mass is 10.1. The number of benzene rings is 2. The molecule has 2 aromatic heterocycles. The Morgan fingerprint density at radius 2 is 1.77 bits per heavy atom. The predicted octanol–water partition coefficient (Wildman–Crippen LogP) is 2.75. The number of hydrogen-bond donors (Lipinski definition) is 4. The van der Waals surface area contributed by atoms with E-state index < -0.39 is 13.7 Å². The lowest BCUT2D eigenvalue weighted by molar-refractivity contribution is 0.1000. The molecule has 0 saturated carbocycles. The second kappa shape index (κ2) is 11.2. The van der Waals surface area contributed by atoms with Gasteiger partial charge < -0.3 is 29.7 Å². The van der Waals surface area contributed by atoms with Crippen molar-refractivity contribution in [1.29, 1.82) is 0 Å². The van der Waals surface area contributed by atoms with Gasteiger partial charge in [0.25, 0.3) is 0 Å². The molecule has 0 atom stereocenters. The number of nitrogens with two attached hydrogens (primary N) is 1. The summed E-state index contributed by atoms with van der Waals surface area (Å²) in [6.07, 6.45) is 3.36. The number of hydrogen-bond acceptors (Lipinski definition) is 5. The molecule has 0 saturated heterocycles. The van der Waals surface area contributed by atoms with Gasteiger partial charge in [0.1, 0.15) is 17.1 Å². The van der Waals surface area contributed by atoms with Gasteiger partial charge in [0.2, 0.25) is 5.91 Å². The number of carbonyl (C=O) groups is 1. The summed E-state index contributed by atoms with van der Waals surface area (Å²) < 4.78 is 16.7. The average Bonchev–Trinajstić information content (AvgIpc) is 3.15. The van der Waals surface area contributed by atoms with Crippen LogP contribution in [0.25, 0.3) is 11.0 Å². The van der Waals surface area contributed by atoms with Crippen LogP contribution >= 0.6 is 7.82 Å². The molecule has 0 fully saturated rings. The molecule has 0 aliphatic rings. The number of rotatable bonds is 7. The maximum absolute atomic E-state index is 11.8. The third kappa shape index (κ3) is 7.46. The molecule has 2 aromatic carbocycles. The standard InChI is InChI=1S/C24H24N4O2.H3O4P/c1-16-8-9-18(15-26-16)12-22-27-20-13-19(24(25)29)14-21(30-2)23(20)28(22)11-10-17-6-4-3-5-7-17;1-5(2,3)4/h3-9,13-15H,10-12H2,1-2H3,(H2,25,29);(H3,1,2,3,4). The van der Waals surface area contributed by atoms with E-state index in [1.807, 2.05) is 37.4 Å². The summed E-state index contributed by atoms with van der Waals surface area (Å²) in [4.78, 5) is 42.6. The molecular formula is C24H27N4O6P. The number of imidazole rings is 1. The zero-order valence-corrected chi connectivity index (χ0v) is 20.2. The van der Waals surface area contributed by atoms with Crippen LogP contribution in [0.15, 0.2) is 60.8 Å². The van der Waals surface area contributed by atoms with Crippen LogP contribution in [-0.2, 0) is 24.0 Å². The normalized spacial score (nSPS) is 11.1. The molecule has 4 rings (SSSR count). The monoisotopic (exact) mass is 498 g/mol. The zero-order chi connectivity index (χ0) is 25.6. The molecule has 1 amide bonds. The molecule has 0 spiro atoms. The smallest absolute Gasteiger partial charge is 0.466 e. The van der Waals surface area contributed by atoms with E-state index in [1.54, 1.807) is 19.2 Å². The molecule has 0 aliphatic carbocycles. The fourth-order valence-electron chi connectivity index (χ4n) is 3.62. The van der Waals surface area contributed by atoms with Crippen LogP contribution in [-0.4, -0.2) is 42.2 Å². The Kier molecular flexibility index (Phi) is 8.37. The largest absolute Gasteiger partial charge is 0.494 e. The Bertz CT molecular complexity index is 1340. The first-order valence-corrected chi connectivity index (χ1v) is 12.2. The first-order valence-electron chi connectivity index (χ1n) is 10.7. The second-order valence-electron chi connectivity index (χ2n) is 7.82. The number of amides is 1. The number of methoxy groups -OCH3 is 1. The highest BCUT2D eigenvalue weighted by atomic mass is 31.2. The van der Waals surface area contributed by atoms with Gasteiger partial charge in [-0.05, 0) is 42.7 Å². The van der Waals surface area contributed by atoms with Crippen molar-refractivity contribution in [2.45, 2.75) is 26.3 Å². The van der Waals surface area contributed by atoms with E-state index in [0.717, 1.165) is 35.6 Å². The van der Waals surface area contributed by atoms with E-state index in [2.05, 4.69) is 27.8 Å². The van der Waals surface area contributed by atoms with E-state index in [-0.39, 0.29) is 0 Å². The van der Waals surface area contributed by atoms with Gasteiger partial charge in [0.05, 0.1) is 12.6 Å². The number of pyridine rings is 1. The van der Waals surface area contributed by atoms with Crippen molar-refractivity contribution in [3.63, 3.8) is 0 Å². The fraction of sp³-hybridized carbons (Fsp3) is 0.208. The third-order valence-electron chi connectivity index (χ3n) is 5.19. The molecule has 4 aromatic rings. The van der Waals surface area contributed by atoms with Crippen molar-refractivity contribution in [3.05, 3.63) is 89.0 Å². The van der Waals surface area contributed by atoms with Crippen molar-refractivity contribution in [1.82, 2.24) is 14.5 Å². The summed E-state index contributed by atoms with van der Waals surface area (Å²) in [6, 6.07) is 17.8. The lowest BCUT2D eigenvalue weighted by Crippen LogP contribution is -2.11. The van der Waals surface area contributed by atoms with Crippen LogP contribution < -0.4 is 10.5 Å². The lowest BCUT2D eigenvalue weighted by Gasteiger charge is -2.12. The summed E-state index contributed by atoms with van der Waals surface area (Å²) in [5, 5.41) is 0. The Morgan fingerprint density at radius 1 is 1.09 bits per heavy atom. The van der Waals surface area contributed by atoms with Crippen molar-refractivity contribution in [2.75, 3.05) is 7.11 Å². The molecule has 5 N–H and O–H groups in total. The van der Waals surface area contributed by atoms with E-state index in [4.69, 9.17) is 34.7 Å². The number of nitrogens with zero attached hydrogens (tertiary/aromatic N) is 3. The first-order chi connectivity index (χ1) is 16.5.